The Morgan fingerprint density at radius 3 is 2.12 bits per heavy atom. The lowest BCUT2D eigenvalue weighted by Crippen LogP contribution is -2.48. The summed E-state index contributed by atoms with van der Waals surface area (Å²) in [5.74, 6) is 0.688. The van der Waals surface area contributed by atoms with Crippen molar-refractivity contribution < 1.29 is 9.13 Å². The van der Waals surface area contributed by atoms with E-state index in [1.807, 2.05) is 18.2 Å². The zero-order valence-corrected chi connectivity index (χ0v) is 20.4. The van der Waals surface area contributed by atoms with Crippen molar-refractivity contribution in [2.75, 3.05) is 38.2 Å². The molecule has 2 aliphatic rings. The molecule has 3 nitrogen and oxygen atoms in total. The lowest BCUT2D eigenvalue weighted by Gasteiger charge is -2.38. The van der Waals surface area contributed by atoms with E-state index in [0.717, 1.165) is 50.3 Å². The standard InChI is InChI=1S/C30H33FN2O/c1-21(2)32-16-18-33(19-17-32)26-11-6-23(7-12-26)30-28(22-4-9-25(31)10-5-22)14-8-24-20-27(34-3)13-15-29(24)30/h4-7,9-13,15,20-21H,8,14,16-19H2,1-3H3. The molecule has 34 heavy (non-hydrogen) atoms. The average Bonchev–Trinajstić information content (AvgIpc) is 2.88. The second-order valence-electron chi connectivity index (χ2n) is 9.55. The van der Waals surface area contributed by atoms with Gasteiger partial charge in [-0.2, -0.15) is 0 Å². The maximum atomic E-state index is 13.6. The van der Waals surface area contributed by atoms with Gasteiger partial charge in [-0.3, -0.25) is 4.90 Å². The second-order valence-corrected chi connectivity index (χ2v) is 9.55. The molecule has 0 atom stereocenters. The third-order valence-corrected chi connectivity index (χ3v) is 7.29. The van der Waals surface area contributed by atoms with E-state index >= 15 is 0 Å². The van der Waals surface area contributed by atoms with Crippen LogP contribution in [0.4, 0.5) is 10.1 Å². The van der Waals surface area contributed by atoms with Crippen LogP contribution in [0.1, 0.15) is 42.5 Å². The molecule has 0 aromatic heterocycles. The lowest BCUT2D eigenvalue weighted by atomic mass is 9.79. The Labute approximate surface area is 202 Å². The van der Waals surface area contributed by atoms with Crippen molar-refractivity contribution in [2.45, 2.75) is 32.7 Å². The highest BCUT2D eigenvalue weighted by Gasteiger charge is 2.23. The normalized spacial score (nSPS) is 16.7. The molecule has 0 N–H and O–H groups in total. The Hall–Kier alpha value is -3.11. The number of fused-ring (bicyclic) bond motifs is 1. The quantitative estimate of drug-likeness (QED) is 0.450. The van der Waals surface area contributed by atoms with Gasteiger partial charge in [0.2, 0.25) is 0 Å². The van der Waals surface area contributed by atoms with Crippen LogP contribution in [0.15, 0.2) is 66.7 Å². The SMILES string of the molecule is COc1ccc2c(c1)CCC(c1ccc(F)cc1)=C2c1ccc(N2CCN(C(C)C)CC2)cc1. The monoisotopic (exact) mass is 456 g/mol. The first-order chi connectivity index (χ1) is 16.5. The number of rotatable bonds is 5. The number of methoxy groups -OCH3 is 1. The summed E-state index contributed by atoms with van der Waals surface area (Å²) in [6, 6.07) is 22.9. The number of allylic oxidation sites excluding steroid dienone is 1. The molecule has 3 aromatic carbocycles. The first-order valence-electron chi connectivity index (χ1n) is 12.3. The van der Waals surface area contributed by atoms with Gasteiger partial charge in [0.1, 0.15) is 11.6 Å². The highest BCUT2D eigenvalue weighted by molar-refractivity contribution is 6.01. The van der Waals surface area contributed by atoms with Crippen LogP contribution in [0, 0.1) is 5.82 Å². The fourth-order valence-electron chi connectivity index (χ4n) is 5.30. The molecule has 5 rings (SSSR count). The predicted octanol–water partition coefficient (Wildman–Crippen LogP) is 6.27. The van der Waals surface area contributed by atoms with Crippen molar-refractivity contribution in [3.63, 3.8) is 0 Å². The van der Waals surface area contributed by atoms with Gasteiger partial charge >= 0.3 is 0 Å². The fourth-order valence-corrected chi connectivity index (χ4v) is 5.30. The highest BCUT2D eigenvalue weighted by Crippen LogP contribution is 2.42. The van der Waals surface area contributed by atoms with Crippen LogP contribution >= 0.6 is 0 Å². The molecule has 1 saturated heterocycles. The fraction of sp³-hybridized carbons (Fsp3) is 0.333. The van der Waals surface area contributed by atoms with Crippen molar-refractivity contribution in [2.24, 2.45) is 0 Å². The highest BCUT2D eigenvalue weighted by atomic mass is 19.1. The van der Waals surface area contributed by atoms with Crippen LogP contribution < -0.4 is 9.64 Å². The van der Waals surface area contributed by atoms with Crippen LogP contribution in [-0.2, 0) is 6.42 Å². The third kappa shape index (κ3) is 4.47. The second kappa shape index (κ2) is 9.63. The van der Waals surface area contributed by atoms with E-state index in [1.165, 1.54) is 33.5 Å². The van der Waals surface area contributed by atoms with Crippen molar-refractivity contribution in [1.82, 2.24) is 4.90 Å². The Morgan fingerprint density at radius 1 is 0.794 bits per heavy atom. The first-order valence-corrected chi connectivity index (χ1v) is 12.3. The molecular weight excluding hydrogens is 423 g/mol. The summed E-state index contributed by atoms with van der Waals surface area (Å²) in [4.78, 5) is 5.02. The molecule has 0 bridgehead atoms. The molecule has 3 aromatic rings. The number of anilines is 1. The lowest BCUT2D eigenvalue weighted by molar-refractivity contribution is 0.209. The molecule has 0 spiro atoms. The number of hydrogen-bond acceptors (Lipinski definition) is 3. The minimum atomic E-state index is -0.200. The van der Waals surface area contributed by atoms with Crippen molar-refractivity contribution in [1.29, 1.82) is 0 Å². The Balaban J connectivity index is 1.51. The van der Waals surface area contributed by atoms with Crippen molar-refractivity contribution in [3.8, 4) is 5.75 Å². The largest absolute Gasteiger partial charge is 0.497 e. The van der Waals surface area contributed by atoms with Gasteiger partial charge in [0.15, 0.2) is 0 Å². The summed E-state index contributed by atoms with van der Waals surface area (Å²) < 4.78 is 19.1. The van der Waals surface area contributed by atoms with Gasteiger partial charge < -0.3 is 9.64 Å². The van der Waals surface area contributed by atoms with E-state index in [-0.39, 0.29) is 5.82 Å². The number of halogens is 1. The number of nitrogens with zero attached hydrogens (tertiary/aromatic N) is 2. The summed E-state index contributed by atoms with van der Waals surface area (Å²) in [6.07, 6.45) is 1.86. The van der Waals surface area contributed by atoms with Gasteiger partial charge in [-0.25, -0.2) is 4.39 Å². The molecule has 4 heteroatoms. The minimum absolute atomic E-state index is 0.200. The number of hydrogen-bond donors (Lipinski definition) is 0. The van der Waals surface area contributed by atoms with Gasteiger partial charge in [-0.15, -0.1) is 0 Å². The molecule has 0 saturated carbocycles. The molecule has 0 radical (unpaired) electrons. The van der Waals surface area contributed by atoms with Crippen LogP contribution in [-0.4, -0.2) is 44.2 Å². The predicted molar refractivity (Wildman–Crippen MR) is 139 cm³/mol. The summed E-state index contributed by atoms with van der Waals surface area (Å²) in [7, 11) is 1.71. The Kier molecular flexibility index (Phi) is 6.42. The van der Waals surface area contributed by atoms with Gasteiger partial charge in [0, 0.05) is 37.9 Å². The molecule has 1 aliphatic carbocycles. The summed E-state index contributed by atoms with van der Waals surface area (Å²) in [5, 5.41) is 0. The van der Waals surface area contributed by atoms with E-state index in [1.54, 1.807) is 19.2 Å². The number of ether oxygens (including phenoxy) is 1. The smallest absolute Gasteiger partial charge is 0.123 e. The van der Waals surface area contributed by atoms with Gasteiger partial charge in [-0.1, -0.05) is 30.3 Å². The Bertz CT molecular complexity index is 1170. The average molecular weight is 457 g/mol. The molecule has 0 unspecified atom stereocenters. The van der Waals surface area contributed by atoms with Crippen LogP contribution in [0.2, 0.25) is 0 Å². The molecule has 0 amide bonds. The van der Waals surface area contributed by atoms with Crippen molar-refractivity contribution in [3.05, 3.63) is 94.8 Å². The maximum absolute atomic E-state index is 13.6. The molecule has 1 fully saturated rings. The van der Waals surface area contributed by atoms with E-state index in [9.17, 15) is 4.39 Å². The number of benzene rings is 3. The van der Waals surface area contributed by atoms with Crippen LogP contribution in [0.3, 0.4) is 0 Å². The minimum Gasteiger partial charge on any atom is -0.497 e. The number of piperazine rings is 1. The van der Waals surface area contributed by atoms with Crippen LogP contribution in [0.25, 0.3) is 11.1 Å². The van der Waals surface area contributed by atoms with Gasteiger partial charge in [0.05, 0.1) is 7.11 Å². The maximum Gasteiger partial charge on any atom is 0.123 e. The summed E-state index contributed by atoms with van der Waals surface area (Å²) in [5.41, 5.74) is 8.63. The van der Waals surface area contributed by atoms with E-state index < -0.39 is 0 Å². The van der Waals surface area contributed by atoms with Gasteiger partial charge in [-0.05, 0) is 96.5 Å². The third-order valence-electron chi connectivity index (χ3n) is 7.29. The molecule has 1 aliphatic heterocycles. The topological polar surface area (TPSA) is 15.7 Å². The van der Waals surface area contributed by atoms with Crippen molar-refractivity contribution >= 4 is 16.8 Å². The van der Waals surface area contributed by atoms with E-state index in [2.05, 4.69) is 60.0 Å². The van der Waals surface area contributed by atoms with Crippen LogP contribution in [0.5, 0.6) is 5.75 Å². The molecular formula is C30H33FN2O. The molecule has 176 valence electrons. The zero-order chi connectivity index (χ0) is 23.7. The van der Waals surface area contributed by atoms with Gasteiger partial charge in [0.25, 0.3) is 0 Å². The summed E-state index contributed by atoms with van der Waals surface area (Å²) in [6.45, 7) is 8.87. The Morgan fingerprint density at radius 2 is 1.47 bits per heavy atom. The van der Waals surface area contributed by atoms with E-state index in [4.69, 9.17) is 4.74 Å². The van der Waals surface area contributed by atoms with E-state index in [0.29, 0.717) is 6.04 Å². The zero-order valence-electron chi connectivity index (χ0n) is 20.4. The summed E-state index contributed by atoms with van der Waals surface area (Å²) >= 11 is 0. The number of aryl methyl sites for hydroxylation is 1. The molecule has 1 heterocycles. The first kappa shape index (κ1) is 22.7.